The maximum atomic E-state index is 12.9. The zero-order valence-electron chi connectivity index (χ0n) is 12.1. The molecule has 6 heteroatoms. The molecule has 0 aliphatic carbocycles. The van der Waals surface area contributed by atoms with Crippen LogP contribution in [0.4, 0.5) is 5.69 Å². The van der Waals surface area contributed by atoms with Crippen LogP contribution in [-0.4, -0.2) is 32.4 Å². The van der Waals surface area contributed by atoms with Gasteiger partial charge in [-0.15, -0.1) is 0 Å². The Morgan fingerprint density at radius 3 is 2.90 bits per heavy atom. The number of hydrogen-bond acceptors (Lipinski definition) is 4. The molecule has 0 unspecified atom stereocenters. The molecule has 114 valence electrons. The van der Waals surface area contributed by atoms with Crippen molar-refractivity contribution in [3.63, 3.8) is 0 Å². The summed E-state index contributed by atoms with van der Waals surface area (Å²) in [6.07, 6.45) is 4.52. The fourth-order valence-corrected chi connectivity index (χ4v) is 4.59. The van der Waals surface area contributed by atoms with Crippen molar-refractivity contribution in [1.82, 2.24) is 4.31 Å². The van der Waals surface area contributed by atoms with Gasteiger partial charge in [0.25, 0.3) is 0 Å². The van der Waals surface area contributed by atoms with Gasteiger partial charge in [-0.3, -0.25) is 0 Å². The molecule has 0 spiro atoms. The normalized spacial score (nSPS) is 19.6. The molecule has 5 nitrogen and oxygen atoms in total. The molecule has 0 saturated carbocycles. The number of sulfonamides is 1. The number of nitrogens with two attached hydrogens (primary N) is 1. The van der Waals surface area contributed by atoms with Crippen molar-refractivity contribution in [2.75, 3.05) is 25.4 Å². The third kappa shape index (κ3) is 2.65. The minimum atomic E-state index is -3.57. The molecular formula is C15H20N2O3S. The van der Waals surface area contributed by atoms with Crippen molar-refractivity contribution in [2.24, 2.45) is 0 Å². The fraction of sp³-hybridized carbons (Fsp3) is 0.467. The molecule has 1 aromatic rings. The largest absolute Gasteiger partial charge is 0.492 e. The molecule has 0 amide bonds. The first kappa shape index (κ1) is 14.4. The first-order valence-corrected chi connectivity index (χ1v) is 8.63. The van der Waals surface area contributed by atoms with Crippen LogP contribution in [0, 0.1) is 0 Å². The number of rotatable bonds is 2. The number of benzene rings is 1. The zero-order valence-corrected chi connectivity index (χ0v) is 12.9. The molecule has 21 heavy (non-hydrogen) atoms. The van der Waals surface area contributed by atoms with Crippen LogP contribution in [0.25, 0.3) is 0 Å². The van der Waals surface area contributed by atoms with Crippen LogP contribution in [0.3, 0.4) is 0 Å². The van der Waals surface area contributed by atoms with Crippen LogP contribution in [0.15, 0.2) is 28.7 Å². The maximum Gasteiger partial charge on any atom is 0.247 e. The molecule has 2 aliphatic rings. The molecule has 0 radical (unpaired) electrons. The highest BCUT2D eigenvalue weighted by Crippen LogP contribution is 2.36. The van der Waals surface area contributed by atoms with Gasteiger partial charge < -0.3 is 10.5 Å². The monoisotopic (exact) mass is 308 g/mol. The minimum absolute atomic E-state index is 0.215. The maximum absolute atomic E-state index is 12.9. The van der Waals surface area contributed by atoms with E-state index in [1.807, 2.05) is 13.0 Å². The predicted molar refractivity (Wildman–Crippen MR) is 81.8 cm³/mol. The first-order valence-electron chi connectivity index (χ1n) is 7.19. The summed E-state index contributed by atoms with van der Waals surface area (Å²) < 4.78 is 33.0. The second-order valence-electron chi connectivity index (χ2n) is 5.64. The third-order valence-electron chi connectivity index (χ3n) is 3.91. The summed E-state index contributed by atoms with van der Waals surface area (Å²) in [7, 11) is -3.57. The molecule has 2 aliphatic heterocycles. The number of aryl methyl sites for hydroxylation is 1. The Morgan fingerprint density at radius 2 is 2.14 bits per heavy atom. The van der Waals surface area contributed by atoms with Crippen molar-refractivity contribution < 1.29 is 13.2 Å². The third-order valence-corrected chi connectivity index (χ3v) is 5.76. The van der Waals surface area contributed by atoms with Crippen LogP contribution < -0.4 is 10.5 Å². The molecule has 0 aromatic heterocycles. The van der Waals surface area contributed by atoms with Crippen molar-refractivity contribution in [2.45, 2.75) is 31.1 Å². The highest BCUT2D eigenvalue weighted by molar-refractivity contribution is 7.89. The minimum Gasteiger partial charge on any atom is -0.492 e. The van der Waals surface area contributed by atoms with Gasteiger partial charge in [0, 0.05) is 18.8 Å². The smallest absolute Gasteiger partial charge is 0.247 e. The van der Waals surface area contributed by atoms with E-state index in [0.717, 1.165) is 30.4 Å². The van der Waals surface area contributed by atoms with Crippen molar-refractivity contribution in [3.05, 3.63) is 29.3 Å². The van der Waals surface area contributed by atoms with Crippen LogP contribution in [0.1, 0.15) is 25.3 Å². The summed E-state index contributed by atoms with van der Waals surface area (Å²) in [4.78, 5) is 0.215. The van der Waals surface area contributed by atoms with Crippen LogP contribution in [0.2, 0.25) is 0 Å². The van der Waals surface area contributed by atoms with Crippen LogP contribution >= 0.6 is 0 Å². The predicted octanol–water partition coefficient (Wildman–Crippen LogP) is 1.93. The summed E-state index contributed by atoms with van der Waals surface area (Å²) in [6.45, 7) is 3.44. The standard InChI is InChI=1S/C15H20N2O3S/c1-11-4-2-6-17(10-11)21(18,19)14-9-13(16)8-12-5-3-7-20-15(12)14/h4,8-9H,2-3,5-7,10,16H2,1H3. The molecule has 0 saturated heterocycles. The van der Waals surface area contributed by atoms with E-state index in [1.54, 1.807) is 0 Å². The van der Waals surface area contributed by atoms with Gasteiger partial charge in [0.05, 0.1) is 6.61 Å². The summed E-state index contributed by atoms with van der Waals surface area (Å²) in [6, 6.07) is 3.34. The summed E-state index contributed by atoms with van der Waals surface area (Å²) >= 11 is 0. The van der Waals surface area contributed by atoms with Crippen LogP contribution in [0.5, 0.6) is 5.75 Å². The SMILES string of the molecule is CC1=CCCN(S(=O)(=O)c2cc(N)cc3c2OCCC3)C1. The van der Waals surface area contributed by atoms with Gasteiger partial charge in [0.2, 0.25) is 10.0 Å². The van der Waals surface area contributed by atoms with Gasteiger partial charge in [-0.2, -0.15) is 4.31 Å². The lowest BCUT2D eigenvalue weighted by molar-refractivity contribution is 0.279. The van der Waals surface area contributed by atoms with Gasteiger partial charge in [-0.25, -0.2) is 8.42 Å². The average molecular weight is 308 g/mol. The average Bonchev–Trinajstić information content (AvgIpc) is 2.46. The van der Waals surface area contributed by atoms with E-state index in [9.17, 15) is 8.42 Å². The fourth-order valence-electron chi connectivity index (χ4n) is 2.88. The van der Waals surface area contributed by atoms with E-state index in [2.05, 4.69) is 6.08 Å². The highest BCUT2D eigenvalue weighted by Gasteiger charge is 2.31. The van der Waals surface area contributed by atoms with E-state index in [4.69, 9.17) is 10.5 Å². The van der Waals surface area contributed by atoms with Crippen LogP contribution in [-0.2, 0) is 16.4 Å². The zero-order chi connectivity index (χ0) is 15.0. The van der Waals surface area contributed by atoms with E-state index >= 15 is 0 Å². The van der Waals surface area contributed by atoms with E-state index in [-0.39, 0.29) is 4.90 Å². The van der Waals surface area contributed by atoms with Gasteiger partial charge in [0.1, 0.15) is 10.6 Å². The Kier molecular flexibility index (Phi) is 3.67. The number of anilines is 1. The molecule has 3 rings (SSSR count). The van der Waals surface area contributed by atoms with E-state index in [1.165, 1.54) is 10.4 Å². The number of ether oxygens (including phenoxy) is 1. The Hall–Kier alpha value is -1.53. The second-order valence-corrected chi connectivity index (χ2v) is 7.54. The molecular weight excluding hydrogens is 288 g/mol. The van der Waals surface area contributed by atoms with Gasteiger partial charge in [0.15, 0.2) is 0 Å². The lowest BCUT2D eigenvalue weighted by Gasteiger charge is -2.28. The van der Waals surface area contributed by atoms with Crippen molar-refractivity contribution >= 4 is 15.7 Å². The Balaban J connectivity index is 2.07. The Morgan fingerprint density at radius 1 is 1.33 bits per heavy atom. The van der Waals surface area contributed by atoms with Crippen molar-refractivity contribution in [3.8, 4) is 5.75 Å². The summed E-state index contributed by atoms with van der Waals surface area (Å²) in [5, 5.41) is 0. The molecule has 2 heterocycles. The molecule has 0 bridgehead atoms. The van der Waals surface area contributed by atoms with Gasteiger partial charge in [-0.05, 0) is 43.9 Å². The topological polar surface area (TPSA) is 72.6 Å². The van der Waals surface area contributed by atoms with E-state index < -0.39 is 10.0 Å². The second kappa shape index (κ2) is 5.35. The number of nitrogens with zero attached hydrogens (tertiary/aromatic N) is 1. The number of nitrogen functional groups attached to an aromatic ring is 1. The van der Waals surface area contributed by atoms with Gasteiger partial charge >= 0.3 is 0 Å². The Labute approximate surface area is 125 Å². The molecule has 0 atom stereocenters. The highest BCUT2D eigenvalue weighted by atomic mass is 32.2. The van der Waals surface area contributed by atoms with Gasteiger partial charge in [-0.1, -0.05) is 11.6 Å². The molecule has 1 aromatic carbocycles. The summed E-state index contributed by atoms with van der Waals surface area (Å²) in [5.74, 6) is 0.489. The Bertz CT molecular complexity index is 695. The quantitative estimate of drug-likeness (QED) is 0.669. The number of hydrogen-bond donors (Lipinski definition) is 1. The van der Waals surface area contributed by atoms with Crippen molar-refractivity contribution in [1.29, 1.82) is 0 Å². The number of fused-ring (bicyclic) bond motifs is 1. The lowest BCUT2D eigenvalue weighted by Crippen LogP contribution is -2.36. The van der Waals surface area contributed by atoms with E-state index in [0.29, 0.717) is 31.1 Å². The summed E-state index contributed by atoms with van der Waals surface area (Å²) in [5.41, 5.74) is 8.33. The lowest BCUT2D eigenvalue weighted by atomic mass is 10.1. The first-order chi connectivity index (χ1) is 9.98. The molecule has 0 fully saturated rings. The molecule has 2 N–H and O–H groups in total.